The highest BCUT2D eigenvalue weighted by Gasteiger charge is 2.55. The quantitative estimate of drug-likeness (QED) is 0.0588. The molecule has 1 aromatic carbocycles. The molecule has 7 N–H and O–H groups in total. The van der Waals surface area contributed by atoms with Crippen LogP contribution in [0.1, 0.15) is 197 Å². The van der Waals surface area contributed by atoms with E-state index in [4.69, 9.17) is 16.5 Å². The molecule has 0 bridgehead atoms. The van der Waals surface area contributed by atoms with Crippen molar-refractivity contribution in [1.82, 2.24) is 94.4 Å². The van der Waals surface area contributed by atoms with E-state index in [1.165, 1.54) is 54.5 Å². The first-order valence-corrected chi connectivity index (χ1v) is 46.5. The molecule has 124 heavy (non-hydrogen) atoms. The Balaban J connectivity index is 0.581. The normalized spacial score (nSPS) is 27.1. The van der Waals surface area contributed by atoms with Crippen molar-refractivity contribution < 1.29 is 71.9 Å². The van der Waals surface area contributed by atoms with Gasteiger partial charge in [0.2, 0.25) is 82.7 Å². The van der Waals surface area contributed by atoms with Crippen LogP contribution in [0.4, 0.5) is 11.4 Å². The summed E-state index contributed by atoms with van der Waals surface area (Å²) in [7, 11) is 0. The number of nitrogens with zero attached hydrogens (tertiary/aromatic N) is 17. The average molecular weight is 1750 g/mol. The minimum atomic E-state index is -1.18. The van der Waals surface area contributed by atoms with E-state index in [1.807, 2.05) is 45.2 Å². The van der Waals surface area contributed by atoms with E-state index in [-0.39, 0.29) is 137 Å². The summed E-state index contributed by atoms with van der Waals surface area (Å²) < 4.78 is 1.56. The van der Waals surface area contributed by atoms with Gasteiger partial charge in [-0.15, -0.1) is 16.4 Å². The highest BCUT2D eigenvalue weighted by Crippen LogP contribution is 2.43. The smallest absolute Gasteiger partial charge is 0.263 e. The van der Waals surface area contributed by atoms with Gasteiger partial charge in [0, 0.05) is 109 Å². The summed E-state index contributed by atoms with van der Waals surface area (Å²) in [5.74, 6) is -5.81. The van der Waals surface area contributed by atoms with Crippen LogP contribution >= 0.6 is 23.1 Å². The fourth-order valence-electron chi connectivity index (χ4n) is 21.6. The van der Waals surface area contributed by atoms with Gasteiger partial charge in [-0.3, -0.25) is 71.9 Å². The molecule has 15 heterocycles. The maximum atomic E-state index is 15.8. The molecule has 4 aromatic rings. The van der Waals surface area contributed by atoms with Crippen LogP contribution in [-0.2, 0) is 73.7 Å². The number of thioether (sulfide) groups is 1. The average Bonchev–Trinajstić information content (AvgIpc) is 1.61. The predicted molar refractivity (Wildman–Crippen MR) is 453 cm³/mol. The molecule has 0 aliphatic carbocycles. The Bertz CT molecular complexity index is 4920. The van der Waals surface area contributed by atoms with Gasteiger partial charge in [0.1, 0.15) is 87.9 Å². The van der Waals surface area contributed by atoms with Crippen LogP contribution in [0, 0.1) is 0 Å². The number of anilines is 2. The number of amides is 15. The van der Waals surface area contributed by atoms with Crippen molar-refractivity contribution >= 4 is 133 Å². The van der Waals surface area contributed by atoms with Crippen LogP contribution in [-0.4, -0.2) is 342 Å². The van der Waals surface area contributed by atoms with Gasteiger partial charge < -0.3 is 86.2 Å². The van der Waals surface area contributed by atoms with Crippen molar-refractivity contribution in [3.05, 3.63) is 41.0 Å². The Morgan fingerprint density at radius 3 is 1.20 bits per heavy atom. The van der Waals surface area contributed by atoms with E-state index in [9.17, 15) is 38.4 Å². The van der Waals surface area contributed by atoms with E-state index >= 15 is 33.6 Å². The molecular formula is C85H114N22O15S2. The number of likely N-dealkylation sites (tertiary alicyclic amines) is 12. The maximum absolute atomic E-state index is 15.8. The molecule has 0 unspecified atom stereocenters. The first-order chi connectivity index (χ1) is 59.6. The van der Waals surface area contributed by atoms with Crippen LogP contribution in [0.5, 0.6) is 0 Å². The zero-order valence-corrected chi connectivity index (χ0v) is 72.9. The number of primary amides is 1. The Morgan fingerprint density at radius 2 is 0.831 bits per heavy atom. The second kappa shape index (κ2) is 36.2. The van der Waals surface area contributed by atoms with Gasteiger partial charge in [-0.1, -0.05) is 29.1 Å². The van der Waals surface area contributed by atoms with Crippen LogP contribution in [0.2, 0.25) is 0 Å². The number of nitrogen functional groups attached to an aromatic ring is 1. The minimum absolute atomic E-state index is 0.0230. The summed E-state index contributed by atoms with van der Waals surface area (Å²) >= 11 is 2.54. The summed E-state index contributed by atoms with van der Waals surface area (Å²) in [5, 5.41) is 19.0. The summed E-state index contributed by atoms with van der Waals surface area (Å²) in [6.07, 6.45) is 13.3. The number of benzene rings is 1. The van der Waals surface area contributed by atoms with Crippen molar-refractivity contribution in [3.8, 4) is 11.3 Å². The van der Waals surface area contributed by atoms with Crippen molar-refractivity contribution in [2.45, 2.75) is 271 Å². The van der Waals surface area contributed by atoms with Crippen molar-refractivity contribution in [3.63, 3.8) is 0 Å². The molecule has 15 amide bonds. The predicted octanol–water partition coefficient (Wildman–Crippen LogP) is 2.06. The van der Waals surface area contributed by atoms with E-state index in [1.54, 1.807) is 51.2 Å². The molecule has 13 atom stereocenters. The number of aromatic nitrogens is 5. The Hall–Kier alpha value is -10.6. The lowest BCUT2D eigenvalue weighted by molar-refractivity contribution is -0.156. The summed E-state index contributed by atoms with van der Waals surface area (Å²) in [6.45, 7) is 9.87. The second-order valence-electron chi connectivity index (χ2n) is 36.3. The van der Waals surface area contributed by atoms with E-state index in [0.717, 1.165) is 0 Å². The number of carbonyl (C=O) groups excluding carboxylic acids is 15. The van der Waals surface area contributed by atoms with Crippen LogP contribution in [0.3, 0.4) is 0 Å². The van der Waals surface area contributed by atoms with Gasteiger partial charge in [-0.2, -0.15) is 0 Å². The Kier molecular flexibility index (Phi) is 25.3. The molecule has 12 aliphatic rings. The molecule has 37 nitrogen and oxygen atoms in total. The van der Waals surface area contributed by atoms with Gasteiger partial charge >= 0.3 is 0 Å². The first kappa shape index (κ1) is 86.9. The van der Waals surface area contributed by atoms with Crippen LogP contribution < -0.4 is 27.4 Å². The van der Waals surface area contributed by atoms with E-state index in [2.05, 4.69) is 31.2 Å². The number of hydrogen-bond acceptors (Lipinski definition) is 23. The maximum Gasteiger partial charge on any atom is 0.263 e. The number of nitrogens with one attached hydrogen (secondary N) is 3. The minimum Gasteiger partial charge on any atom is -0.397 e. The molecular weight excluding hydrogens is 1630 g/mol. The lowest BCUT2D eigenvalue weighted by Gasteiger charge is -2.38. The van der Waals surface area contributed by atoms with Gasteiger partial charge in [-0.05, 0) is 180 Å². The van der Waals surface area contributed by atoms with E-state index < -0.39 is 120 Å². The van der Waals surface area contributed by atoms with Gasteiger partial charge in [0.15, 0.2) is 5.16 Å². The SMILES string of the molecule is CSc1nc(-c2cccc(NCC(=O)NCc3cn([C@@H]4C[C@@H](C(=O)N5CCC[C@H]5C(=O)N5CCC[C@H]5C(=O)N5CCC[C@H]5C(=O)N5CCC[C@H]5C(=O)N5CCC[C@H]5C(=O)N5CCC[C@H]5C(=O)N5CCC[C@H]5C(=O)N5CCC[C@H]5C(N)=O)N(C(=O)[C@@H]5CCCN5C(=O)[C@@H]5CCCN5C(=O)[C@@H]5CCCN5C(C)=O)C4)nn3)c2)c2c(N)c(C(=O)NC(C)(C)C)sc2n1. The largest absolute Gasteiger partial charge is 0.397 e. The molecule has 3 aromatic heterocycles. The zero-order valence-electron chi connectivity index (χ0n) is 71.3. The summed E-state index contributed by atoms with van der Waals surface area (Å²) in [4.78, 5) is 246. The molecule has 12 fully saturated rings. The number of fused-ring (bicyclic) bond motifs is 1. The molecule has 0 saturated carbocycles. The number of thiophene rings is 1. The Morgan fingerprint density at radius 1 is 0.476 bits per heavy atom. The Labute approximate surface area is 727 Å². The first-order valence-electron chi connectivity index (χ1n) is 44.5. The van der Waals surface area contributed by atoms with E-state index in [0.29, 0.717) is 204 Å². The number of rotatable bonds is 21. The topological polar surface area (TPSA) is 440 Å². The molecule has 12 aliphatic heterocycles. The third kappa shape index (κ3) is 16.9. The zero-order chi connectivity index (χ0) is 87.4. The highest BCUT2D eigenvalue weighted by atomic mass is 32.2. The van der Waals surface area contributed by atoms with Gasteiger partial charge in [0.05, 0.1) is 42.1 Å². The van der Waals surface area contributed by atoms with Crippen molar-refractivity contribution in [2.75, 3.05) is 102 Å². The van der Waals surface area contributed by atoms with Crippen LogP contribution in [0.25, 0.3) is 21.5 Å². The van der Waals surface area contributed by atoms with Crippen molar-refractivity contribution in [2.24, 2.45) is 5.73 Å². The lowest BCUT2D eigenvalue weighted by Crippen LogP contribution is -2.59. The third-order valence-electron chi connectivity index (χ3n) is 27.5. The van der Waals surface area contributed by atoms with Crippen molar-refractivity contribution in [1.29, 1.82) is 0 Å². The number of carbonyl (C=O) groups is 15. The molecule has 0 radical (unpaired) electrons. The molecule has 0 spiro atoms. The molecule has 666 valence electrons. The molecule has 39 heteroatoms. The van der Waals surface area contributed by atoms with Gasteiger partial charge in [-0.25, -0.2) is 14.6 Å². The van der Waals surface area contributed by atoms with Gasteiger partial charge in [0.25, 0.3) is 5.91 Å². The fraction of sp³-hybridized carbons (Fsp3) is 0.659. The molecule has 16 rings (SSSR count). The number of hydrogen-bond donors (Lipinski definition) is 5. The summed E-state index contributed by atoms with van der Waals surface area (Å²) in [5.41, 5.74) is 14.3. The monoisotopic (exact) mass is 1750 g/mol. The highest BCUT2D eigenvalue weighted by molar-refractivity contribution is 7.98. The number of nitrogens with two attached hydrogens (primary N) is 2. The second-order valence-corrected chi connectivity index (χ2v) is 38.0. The summed E-state index contributed by atoms with van der Waals surface area (Å²) in [6, 6.07) is -4.23. The standard InChI is InChI=1S/C85H114N22O15S2/c1-48(108)95-31-8-21-54(95)73(112)97-33-10-23-56(97)80(119)104-40-17-30-63(104)82(121)106-47-52(107-46-51(93-94-107)44-89-65(109)45-88-50-19-6-18-49(42-50)68-66-67(86)69(71(111)92-85(2,3)4)124-72(66)91-84(90-68)123-5)43-64(106)83(122)105-41-16-29-62(105)81(120)103-39-15-28-61(103)79(118)102-38-14-27-60(102)78(117)101-37-13-26-59(101)77(116)100-36-12-25-58(100)76(115)99-35-11-24-57(99)75(114)98-34-9-22-55(98)74(113)96-32-7-20-53(96)70(87)110/h6,18-19,42,46,52-64,88H,7-17,20-41,43-45,47,86H2,1-5H3,(H2,87,110)(H,89,109)(H,92,111)/t52-,53+,54+,55+,56+,57+,58+,59+,60+,61+,62+,63+,64+/m1/s1. The molecule has 12 saturated heterocycles. The fourth-order valence-corrected chi connectivity index (χ4v) is 23.0. The third-order valence-corrected chi connectivity index (χ3v) is 29.1. The van der Waals surface area contributed by atoms with Crippen LogP contribution in [0.15, 0.2) is 35.6 Å². The lowest BCUT2D eigenvalue weighted by atomic mass is 10.1.